The maximum atomic E-state index is 14.1. The Balaban J connectivity index is 1.40. The van der Waals surface area contributed by atoms with Crippen LogP contribution >= 0.6 is 0 Å². The first kappa shape index (κ1) is 22.5. The minimum atomic E-state index is -0.280. The Morgan fingerprint density at radius 2 is 1.89 bits per heavy atom. The number of hydrogen-bond acceptors (Lipinski definition) is 4. The van der Waals surface area contributed by atoms with E-state index >= 15 is 0 Å². The van der Waals surface area contributed by atoms with E-state index in [4.69, 9.17) is 4.98 Å². The summed E-state index contributed by atoms with van der Waals surface area (Å²) in [5, 5.41) is 1.01. The third-order valence-electron chi connectivity index (χ3n) is 7.48. The summed E-state index contributed by atoms with van der Waals surface area (Å²) in [6.07, 6.45) is 7.13. The second-order valence-electron chi connectivity index (χ2n) is 9.78. The molecule has 2 fully saturated rings. The van der Waals surface area contributed by atoms with Crippen molar-refractivity contribution in [2.45, 2.75) is 38.1 Å². The molecule has 1 aliphatic heterocycles. The lowest BCUT2D eigenvalue weighted by Gasteiger charge is -2.42. The molecular weight excluding hydrogens is 453 g/mol. The number of nitrogens with zero attached hydrogens (tertiary/aromatic N) is 5. The summed E-state index contributed by atoms with van der Waals surface area (Å²) >= 11 is 0. The summed E-state index contributed by atoms with van der Waals surface area (Å²) in [7, 11) is 0. The molecule has 1 saturated heterocycles. The number of rotatable bonds is 4. The first-order valence-corrected chi connectivity index (χ1v) is 12.4. The SMILES string of the molecule is C=C1CN(c2ncnc3c2c(C2CCC2)cn3-c2cccc(F)c2)[C@@H](C)CN1C(=O)c1ccccc1. The highest BCUT2D eigenvalue weighted by molar-refractivity contribution is 5.96. The molecule has 0 N–H and O–H groups in total. The van der Waals surface area contributed by atoms with Crippen molar-refractivity contribution < 1.29 is 9.18 Å². The van der Waals surface area contributed by atoms with Crippen molar-refractivity contribution in [2.24, 2.45) is 0 Å². The smallest absolute Gasteiger partial charge is 0.258 e. The van der Waals surface area contributed by atoms with E-state index < -0.39 is 0 Å². The van der Waals surface area contributed by atoms with Gasteiger partial charge in [0.05, 0.1) is 11.9 Å². The quantitative estimate of drug-likeness (QED) is 0.376. The minimum Gasteiger partial charge on any atom is -0.346 e. The summed E-state index contributed by atoms with van der Waals surface area (Å²) in [4.78, 5) is 26.6. The van der Waals surface area contributed by atoms with Gasteiger partial charge in [-0.1, -0.05) is 37.3 Å². The topological polar surface area (TPSA) is 54.3 Å². The Bertz CT molecular complexity index is 1460. The Morgan fingerprint density at radius 3 is 2.61 bits per heavy atom. The lowest BCUT2D eigenvalue weighted by atomic mass is 9.80. The van der Waals surface area contributed by atoms with E-state index in [2.05, 4.69) is 29.6 Å². The zero-order valence-electron chi connectivity index (χ0n) is 20.3. The molecule has 182 valence electrons. The molecule has 0 radical (unpaired) electrons. The fraction of sp³-hybridized carbons (Fsp3) is 0.276. The minimum absolute atomic E-state index is 0.0213. The van der Waals surface area contributed by atoms with Crippen LogP contribution in [0, 0.1) is 5.82 Å². The van der Waals surface area contributed by atoms with Gasteiger partial charge < -0.3 is 14.4 Å². The van der Waals surface area contributed by atoms with Crippen LogP contribution in [-0.4, -0.2) is 44.5 Å². The van der Waals surface area contributed by atoms with Crippen molar-refractivity contribution in [1.29, 1.82) is 0 Å². The molecule has 0 bridgehead atoms. The number of benzene rings is 2. The maximum absolute atomic E-state index is 14.1. The van der Waals surface area contributed by atoms with Crippen molar-refractivity contribution in [3.63, 3.8) is 0 Å². The fourth-order valence-electron chi connectivity index (χ4n) is 5.32. The highest BCUT2D eigenvalue weighted by Crippen LogP contribution is 2.44. The molecule has 6 rings (SSSR count). The Morgan fingerprint density at radius 1 is 1.08 bits per heavy atom. The van der Waals surface area contributed by atoms with E-state index in [-0.39, 0.29) is 17.8 Å². The summed E-state index contributed by atoms with van der Waals surface area (Å²) in [6, 6.07) is 15.9. The second-order valence-corrected chi connectivity index (χ2v) is 9.78. The lowest BCUT2D eigenvalue weighted by molar-refractivity contribution is 0.0782. The van der Waals surface area contributed by atoms with E-state index in [1.165, 1.54) is 24.1 Å². The number of fused-ring (bicyclic) bond motifs is 1. The van der Waals surface area contributed by atoms with Crippen LogP contribution in [0.25, 0.3) is 16.7 Å². The van der Waals surface area contributed by atoms with Gasteiger partial charge in [0.25, 0.3) is 5.91 Å². The van der Waals surface area contributed by atoms with E-state index in [0.29, 0.717) is 24.6 Å². The number of piperazine rings is 1. The molecule has 7 heteroatoms. The van der Waals surface area contributed by atoms with Gasteiger partial charge in [0.2, 0.25) is 0 Å². The van der Waals surface area contributed by atoms with Crippen LogP contribution in [0.15, 0.2) is 79.4 Å². The molecule has 4 aromatic rings. The molecule has 6 nitrogen and oxygen atoms in total. The standard InChI is InChI=1S/C29H28FN5O/c1-19-16-34(29(36)22-8-4-3-5-9-22)20(2)15-33(19)27-26-25(21-10-6-11-21)17-35(28(26)32-18-31-27)24-13-7-12-23(30)14-24/h3-5,7-9,12-14,17-19,21H,2,6,10-11,15-16H2,1H3/t19-/m0/s1. The van der Waals surface area contributed by atoms with Crippen LogP contribution < -0.4 is 4.90 Å². The van der Waals surface area contributed by atoms with E-state index in [9.17, 15) is 9.18 Å². The van der Waals surface area contributed by atoms with Gasteiger partial charge in [0.1, 0.15) is 23.6 Å². The highest BCUT2D eigenvalue weighted by Gasteiger charge is 2.34. The maximum Gasteiger partial charge on any atom is 0.258 e. The first-order chi connectivity index (χ1) is 17.5. The molecule has 0 spiro atoms. The zero-order valence-corrected chi connectivity index (χ0v) is 20.3. The summed E-state index contributed by atoms with van der Waals surface area (Å²) in [5.74, 6) is 0.967. The summed E-state index contributed by atoms with van der Waals surface area (Å²) < 4.78 is 16.1. The fourth-order valence-corrected chi connectivity index (χ4v) is 5.32. The van der Waals surface area contributed by atoms with Gasteiger partial charge in [0.15, 0.2) is 0 Å². The van der Waals surface area contributed by atoms with E-state index in [0.717, 1.165) is 41.1 Å². The first-order valence-electron chi connectivity index (χ1n) is 12.4. The predicted molar refractivity (Wildman–Crippen MR) is 139 cm³/mol. The Labute approximate surface area is 209 Å². The van der Waals surface area contributed by atoms with Gasteiger partial charge in [-0.25, -0.2) is 14.4 Å². The molecule has 2 aromatic heterocycles. The predicted octanol–water partition coefficient (Wildman–Crippen LogP) is 5.69. The number of amides is 1. The van der Waals surface area contributed by atoms with Crippen LogP contribution in [0.5, 0.6) is 0 Å². The number of anilines is 1. The van der Waals surface area contributed by atoms with Crippen LogP contribution in [0.1, 0.15) is 48.0 Å². The Kier molecular flexibility index (Phi) is 5.55. The van der Waals surface area contributed by atoms with Gasteiger partial charge in [0, 0.05) is 35.7 Å². The van der Waals surface area contributed by atoms with Gasteiger partial charge >= 0.3 is 0 Å². The molecule has 1 aliphatic carbocycles. The lowest BCUT2D eigenvalue weighted by Crippen LogP contribution is -2.52. The summed E-state index contributed by atoms with van der Waals surface area (Å²) in [5.41, 5.74) is 4.11. The third kappa shape index (κ3) is 3.75. The highest BCUT2D eigenvalue weighted by atomic mass is 19.1. The molecule has 1 atom stereocenters. The third-order valence-corrected chi connectivity index (χ3v) is 7.48. The average molecular weight is 482 g/mol. The molecule has 1 amide bonds. The molecular formula is C29H28FN5O. The second kappa shape index (κ2) is 8.90. The summed E-state index contributed by atoms with van der Waals surface area (Å²) in [6.45, 7) is 7.36. The Hall–Kier alpha value is -4.00. The van der Waals surface area contributed by atoms with Crippen LogP contribution in [-0.2, 0) is 0 Å². The van der Waals surface area contributed by atoms with Crippen LogP contribution in [0.4, 0.5) is 10.2 Å². The number of carbonyl (C=O) groups excluding carboxylic acids is 1. The van der Waals surface area contributed by atoms with Gasteiger partial charge in [-0.15, -0.1) is 0 Å². The van der Waals surface area contributed by atoms with Crippen molar-refractivity contribution in [3.8, 4) is 5.69 Å². The number of hydrogen-bond donors (Lipinski definition) is 0. The normalized spacial score (nSPS) is 18.5. The van der Waals surface area contributed by atoms with Crippen molar-refractivity contribution >= 4 is 22.8 Å². The van der Waals surface area contributed by atoms with Gasteiger partial charge in [-0.2, -0.15) is 0 Å². The molecule has 2 aromatic carbocycles. The van der Waals surface area contributed by atoms with Crippen molar-refractivity contribution in [1.82, 2.24) is 19.4 Å². The molecule has 1 saturated carbocycles. The molecule has 2 aliphatic rings. The zero-order chi connectivity index (χ0) is 24.8. The van der Waals surface area contributed by atoms with Crippen molar-refractivity contribution in [2.75, 3.05) is 18.0 Å². The average Bonchev–Trinajstić information content (AvgIpc) is 3.24. The number of halogens is 1. The van der Waals surface area contributed by atoms with E-state index in [1.807, 2.05) is 41.0 Å². The monoisotopic (exact) mass is 481 g/mol. The molecule has 0 unspecified atom stereocenters. The molecule has 3 heterocycles. The number of carbonyl (C=O) groups is 1. The van der Waals surface area contributed by atoms with Crippen LogP contribution in [0.3, 0.4) is 0 Å². The van der Waals surface area contributed by atoms with Crippen molar-refractivity contribution in [3.05, 3.63) is 96.3 Å². The van der Waals surface area contributed by atoms with Crippen LogP contribution in [0.2, 0.25) is 0 Å². The van der Waals surface area contributed by atoms with Gasteiger partial charge in [-0.05, 0) is 61.6 Å². The molecule has 36 heavy (non-hydrogen) atoms. The van der Waals surface area contributed by atoms with E-state index in [1.54, 1.807) is 17.3 Å². The number of aromatic nitrogens is 3. The van der Waals surface area contributed by atoms with Gasteiger partial charge in [-0.3, -0.25) is 4.79 Å². The largest absolute Gasteiger partial charge is 0.346 e.